The van der Waals surface area contributed by atoms with Crippen molar-refractivity contribution in [3.63, 3.8) is 0 Å². The van der Waals surface area contributed by atoms with E-state index in [1.807, 2.05) is 79.9 Å². The van der Waals surface area contributed by atoms with Crippen LogP contribution in [-0.4, -0.2) is 81.0 Å². The van der Waals surface area contributed by atoms with Crippen molar-refractivity contribution in [2.45, 2.75) is 0 Å². The summed E-state index contributed by atoms with van der Waals surface area (Å²) in [4.78, 5) is 104. The number of ether oxygens (including phenoxy) is 2. The molecule has 440 valence electrons. The topological polar surface area (TPSA) is 155 Å². The maximum atomic E-state index is 13.2. The van der Waals surface area contributed by atoms with Crippen LogP contribution in [0.1, 0.15) is 41.4 Å². The number of fused-ring (bicyclic) bond motifs is 7. The summed E-state index contributed by atoms with van der Waals surface area (Å²) >= 11 is 25.7. The minimum absolute atomic E-state index is 0. The van der Waals surface area contributed by atoms with Crippen molar-refractivity contribution in [2.24, 2.45) is 0 Å². The second-order valence-electron chi connectivity index (χ2n) is 14.1. The molecule has 0 saturated carbocycles. The van der Waals surface area contributed by atoms with Crippen LogP contribution in [0.15, 0.2) is 125 Å². The fraction of sp³-hybridized carbons (Fsp3) is 0.0476. The molecular weight excluding hydrogens is 1710 g/mol. The van der Waals surface area contributed by atoms with Gasteiger partial charge in [-0.25, -0.2) is 0 Å². The summed E-state index contributed by atoms with van der Waals surface area (Å²) in [6.45, 7) is 0. The third-order valence-electron chi connectivity index (χ3n) is 10.2. The summed E-state index contributed by atoms with van der Waals surface area (Å²) in [5, 5.41) is 0.190. The van der Waals surface area contributed by atoms with Gasteiger partial charge < -0.3 is 9.47 Å². The van der Waals surface area contributed by atoms with E-state index in [-0.39, 0.29) is 94.1 Å². The number of rotatable bonds is 3. The zero-order valence-corrected chi connectivity index (χ0v) is 71.2. The Bertz CT molecular complexity index is 5430. The van der Waals surface area contributed by atoms with Gasteiger partial charge in [0.25, 0.3) is 0 Å². The fourth-order valence-corrected chi connectivity index (χ4v) is 72.1. The van der Waals surface area contributed by atoms with Crippen molar-refractivity contribution in [1.82, 2.24) is 0 Å². The third-order valence-corrected chi connectivity index (χ3v) is 65.5. The van der Waals surface area contributed by atoms with Crippen LogP contribution >= 0.6 is 48.0 Å². The average molecular weight is 1730 g/mol. The Kier molecular flexibility index (Phi) is 38.0. The molecule has 10 nitrogen and oxygen atoms in total. The molecule has 0 fully saturated rings. The van der Waals surface area contributed by atoms with Crippen molar-refractivity contribution in [3.05, 3.63) is 169 Å². The molecule has 2 aliphatic rings. The maximum absolute atomic E-state index is 13.2. The van der Waals surface area contributed by atoms with Crippen molar-refractivity contribution in [1.29, 1.82) is 0 Å². The van der Waals surface area contributed by atoms with E-state index in [1.54, 1.807) is 167 Å². The van der Waals surface area contributed by atoms with Gasteiger partial charge in [-0.3, -0.25) is 38.4 Å². The molecule has 85 heavy (non-hydrogen) atoms. The second kappa shape index (κ2) is 41.7. The van der Waals surface area contributed by atoms with Crippen LogP contribution < -0.4 is 31.2 Å². The summed E-state index contributed by atoms with van der Waals surface area (Å²) in [6.07, 6.45) is 0. The first kappa shape index (κ1) is 77.6. The Hall–Kier alpha value is 1.89. The zero-order valence-electron chi connectivity index (χ0n) is 41.9. The molecule has 1 aromatic heterocycles. The molecule has 0 saturated heterocycles. The number of thiophene rings is 1. The molecule has 0 bridgehead atoms. The van der Waals surface area contributed by atoms with Crippen LogP contribution in [0.4, 0.5) is 0 Å². The molecule has 0 N–H and O–H groups in total. The predicted molar refractivity (Wildman–Crippen MR) is 432 cm³/mol. The molecule has 9 rings (SSSR count). The van der Waals surface area contributed by atoms with Gasteiger partial charge in [0.1, 0.15) is 21.6 Å². The number of carbonyl (C=O) groups excluding carboxylic acids is 4. The summed E-state index contributed by atoms with van der Waals surface area (Å²) in [7, 11) is 46.5. The van der Waals surface area contributed by atoms with Crippen molar-refractivity contribution in [3.8, 4) is 11.5 Å². The molecule has 0 amide bonds. The Labute approximate surface area is 612 Å². The Morgan fingerprint density at radius 2 is 0.682 bits per heavy atom. The molecule has 6 aromatic carbocycles. The summed E-state index contributed by atoms with van der Waals surface area (Å²) in [6, 6.07) is 21.6. The van der Waals surface area contributed by atoms with Gasteiger partial charge in [0, 0.05) is 288 Å². The summed E-state index contributed by atoms with van der Waals surface area (Å²) in [5.41, 5.74) is -1.90. The first-order chi connectivity index (χ1) is 40.8. The molecule has 0 aliphatic heterocycles. The van der Waals surface area contributed by atoms with Gasteiger partial charge in [0.15, 0.2) is 22.4 Å². The quantitative estimate of drug-likeness (QED) is 0.188. The second-order valence-corrected chi connectivity index (χ2v) is 60.1. The van der Waals surface area contributed by atoms with Gasteiger partial charge >= 0.3 is 43.6 Å². The van der Waals surface area contributed by atoms with Gasteiger partial charge in [0.05, 0.1) is 45.5 Å². The molecule has 0 unspecified atom stereocenters. The monoisotopic (exact) mass is 1730 g/mol. The van der Waals surface area contributed by atoms with Gasteiger partial charge in [-0.1, -0.05) is 71.7 Å². The Balaban J connectivity index is 0.000000228. The van der Waals surface area contributed by atoms with Gasteiger partial charge in [-0.2, -0.15) is 13.5 Å². The number of hydrogen-bond acceptors (Lipinski definition) is 13. The van der Waals surface area contributed by atoms with E-state index in [0.29, 0.717) is 16.9 Å². The number of allylic oxidation sites excluding steroid dienone is 4. The SMILES string of the molecule is COc1ccc2c(=O)c3sc4c(=O)c5ccccc5c(=O)c4c3c(=O)c2c1.COc1ccc2c(c1)C(=O)C(C1=C(Cl)C(=O)c3ccccc3C1=O)=C(Cl)C2=O.S.S=S=S=S=S=S=S=S=S=S=S=S=S=S=S=S=S=S=S=S=S=S=S=S=S=S=S.[Na][Na]. The van der Waals surface area contributed by atoms with Crippen LogP contribution in [0.25, 0.3) is 41.7 Å². The van der Waals surface area contributed by atoms with Crippen molar-refractivity contribution < 1.29 is 28.7 Å². The van der Waals surface area contributed by atoms with Crippen LogP contribution in [-0.2, 0) is 244 Å². The van der Waals surface area contributed by atoms with Crippen LogP contribution in [0.2, 0.25) is 0 Å². The van der Waals surface area contributed by atoms with E-state index in [1.165, 1.54) is 118 Å². The van der Waals surface area contributed by atoms with Crippen LogP contribution in [0.5, 0.6) is 11.5 Å². The molecular formula is C42H22Cl2Na2O10S29. The minimum atomic E-state index is -0.674. The Morgan fingerprint density at radius 1 is 0.376 bits per heavy atom. The first-order valence-corrected chi connectivity index (χ1v) is 65.8. The molecule has 43 heteroatoms. The van der Waals surface area contributed by atoms with E-state index in [2.05, 4.69) is 0 Å². The number of methoxy groups -OCH3 is 2. The van der Waals surface area contributed by atoms with Gasteiger partial charge in [-0.15, -0.1) is 11.3 Å². The van der Waals surface area contributed by atoms with E-state index in [0.717, 1.165) is 11.3 Å². The number of Topliss-reactive ketones (excluding diaryl/α,β-unsaturated/α-hetero) is 4. The summed E-state index contributed by atoms with van der Waals surface area (Å²) < 4.78 is 10.6. The van der Waals surface area contributed by atoms with Crippen molar-refractivity contribution in [2.75, 3.05) is 14.2 Å². The van der Waals surface area contributed by atoms with Gasteiger partial charge in [-0.05, 0) is 36.4 Å². The van der Waals surface area contributed by atoms with E-state index < -0.39 is 44.1 Å². The molecule has 2 aliphatic carbocycles. The standard InChI is InChI=1S/C21H10Cl2O5.C21H10O5S.2Na.S27.H2S/c1-28-9-6-7-12-13(8-9)19(25)15(17(23)21(12)27)14-16(22)20(26)11-5-3-2-4-10(11)18(14)24;1-26-9-6-7-12-13(8-9)17(23)15-14-16(22)10-4-2-3-5-11(10)18(24)20(14)27-21(15)19(12)25;;;1-3-5-7-9-11-13-15-17-19-21-23-25-27-26-24-22-20-18-16-14-12-10-8-6-4-2;/h2-8H,1H3;2-8H,1H3;;;;1H2. The molecule has 0 radical (unpaired) electrons. The number of halogens is 2. The zero-order chi connectivity index (χ0) is 60.7. The van der Waals surface area contributed by atoms with Crippen LogP contribution in [0.3, 0.4) is 0 Å². The fourth-order valence-electron chi connectivity index (χ4n) is 7.17. The number of benzene rings is 6. The van der Waals surface area contributed by atoms with Crippen LogP contribution in [0, 0.1) is 0 Å². The van der Waals surface area contributed by atoms with Gasteiger partial charge in [0.2, 0.25) is 22.4 Å². The number of carbonyl (C=O) groups is 4. The third kappa shape index (κ3) is 20.9. The molecule has 1 heterocycles. The number of ketones is 4. The Morgan fingerprint density at radius 3 is 1.08 bits per heavy atom. The average Bonchev–Trinajstić information content (AvgIpc) is 1.82. The van der Waals surface area contributed by atoms with E-state index >= 15 is 0 Å². The molecule has 0 spiro atoms. The molecule has 0 atom stereocenters. The van der Waals surface area contributed by atoms with Crippen molar-refractivity contribution >= 4 is 401 Å². The first-order valence-electron chi connectivity index (χ1n) is 21.6. The normalized spacial score (nSPS) is 11.6. The summed E-state index contributed by atoms with van der Waals surface area (Å²) in [5.74, 6) is -1.76. The molecule has 7 aromatic rings. The predicted octanol–water partition coefficient (Wildman–Crippen LogP) is 6.11. The number of hydrogen-bond donors (Lipinski definition) is 0. The van der Waals surface area contributed by atoms with E-state index in [9.17, 15) is 38.4 Å². The van der Waals surface area contributed by atoms with E-state index in [4.69, 9.17) is 55.1 Å².